The van der Waals surface area contributed by atoms with Gasteiger partial charge in [0.1, 0.15) is 42.5 Å². The highest BCUT2D eigenvalue weighted by molar-refractivity contribution is 5.94. The van der Waals surface area contributed by atoms with Crippen molar-refractivity contribution in [1.29, 1.82) is 0 Å². The van der Waals surface area contributed by atoms with Crippen LogP contribution in [0.4, 0.5) is 0 Å². The number of carbonyl (C=O) groups is 2. The van der Waals surface area contributed by atoms with E-state index in [9.17, 15) is 30.0 Å². The zero-order chi connectivity index (χ0) is 23.3. The Bertz CT molecular complexity index is 952. The molecule has 2 aromatic carbocycles. The minimum atomic E-state index is -1.60. The first-order chi connectivity index (χ1) is 15.2. The van der Waals surface area contributed by atoms with Gasteiger partial charge in [-0.05, 0) is 55.0 Å². The van der Waals surface area contributed by atoms with Crippen LogP contribution in [0.1, 0.15) is 22.8 Å². The average Bonchev–Trinajstić information content (AvgIpc) is 2.78. The molecule has 0 saturated carbocycles. The summed E-state index contributed by atoms with van der Waals surface area (Å²) in [5.41, 5.74) is 1.14. The van der Waals surface area contributed by atoms with Gasteiger partial charge < -0.3 is 34.6 Å². The van der Waals surface area contributed by atoms with Crippen LogP contribution in [-0.4, -0.2) is 69.5 Å². The van der Waals surface area contributed by atoms with Crippen molar-refractivity contribution in [1.82, 2.24) is 0 Å². The number of Topliss-reactive ketones (excluding diaryl/α,β-unsaturated/α-hetero) is 1. The van der Waals surface area contributed by atoms with Crippen LogP contribution in [0.5, 0.6) is 11.5 Å². The average molecular weight is 444 g/mol. The first-order valence-corrected chi connectivity index (χ1v) is 9.86. The van der Waals surface area contributed by atoms with Crippen LogP contribution in [0, 0.1) is 0 Å². The number of phenolic OH excluding ortho intramolecular Hbond substituents is 1. The normalized spacial score (nSPS) is 25.4. The van der Waals surface area contributed by atoms with Gasteiger partial charge in [-0.25, -0.2) is 4.79 Å². The Labute approximate surface area is 184 Å². The van der Waals surface area contributed by atoms with Gasteiger partial charge in [0.05, 0.1) is 0 Å². The van der Waals surface area contributed by atoms with E-state index in [1.165, 1.54) is 49.4 Å². The van der Waals surface area contributed by atoms with Gasteiger partial charge in [0, 0.05) is 11.6 Å². The lowest BCUT2D eigenvalue weighted by Gasteiger charge is -2.39. The molecule has 0 amide bonds. The largest absolute Gasteiger partial charge is 0.508 e. The van der Waals surface area contributed by atoms with Crippen LogP contribution < -0.4 is 4.74 Å². The molecule has 0 unspecified atom stereocenters. The molecule has 4 N–H and O–H groups in total. The maximum Gasteiger partial charge on any atom is 0.330 e. The molecule has 1 aliphatic heterocycles. The predicted molar refractivity (Wildman–Crippen MR) is 112 cm³/mol. The number of esters is 1. The number of carbonyl (C=O) groups excluding carboxylic acids is 2. The second-order valence-corrected chi connectivity index (χ2v) is 7.27. The Morgan fingerprint density at radius 1 is 0.969 bits per heavy atom. The molecule has 1 saturated heterocycles. The maximum atomic E-state index is 12.0. The SMILES string of the molecule is CC(=O)c1ccc(O[C@@H]2O[C@H](COC(=O)/C=C/c3ccc(O)cc3)[C@@H](O)[C@H](O)[C@H]2O)cc1. The van der Waals surface area contributed by atoms with E-state index in [4.69, 9.17) is 14.2 Å². The van der Waals surface area contributed by atoms with Gasteiger partial charge in [-0.3, -0.25) is 4.79 Å². The molecule has 5 atom stereocenters. The van der Waals surface area contributed by atoms with Crippen molar-refractivity contribution >= 4 is 17.8 Å². The summed E-state index contributed by atoms with van der Waals surface area (Å²) in [6, 6.07) is 12.2. The molecule has 9 nitrogen and oxygen atoms in total. The third-order valence-electron chi connectivity index (χ3n) is 4.88. The zero-order valence-corrected chi connectivity index (χ0v) is 17.2. The molecular weight excluding hydrogens is 420 g/mol. The third-order valence-corrected chi connectivity index (χ3v) is 4.88. The van der Waals surface area contributed by atoms with Crippen molar-refractivity contribution in [2.45, 2.75) is 37.6 Å². The third kappa shape index (κ3) is 5.92. The van der Waals surface area contributed by atoms with Gasteiger partial charge in [0.25, 0.3) is 0 Å². The summed E-state index contributed by atoms with van der Waals surface area (Å²) in [7, 11) is 0. The maximum absolute atomic E-state index is 12.0. The van der Waals surface area contributed by atoms with Crippen molar-refractivity contribution in [2.75, 3.05) is 6.61 Å². The lowest BCUT2D eigenvalue weighted by molar-refractivity contribution is -0.278. The minimum absolute atomic E-state index is 0.0977. The van der Waals surface area contributed by atoms with Gasteiger partial charge in [-0.2, -0.15) is 0 Å². The van der Waals surface area contributed by atoms with Gasteiger partial charge in [-0.15, -0.1) is 0 Å². The van der Waals surface area contributed by atoms with E-state index < -0.39 is 43.3 Å². The Balaban J connectivity index is 1.58. The summed E-state index contributed by atoms with van der Waals surface area (Å²) in [5, 5.41) is 39.8. The molecule has 0 radical (unpaired) electrons. The van der Waals surface area contributed by atoms with Gasteiger partial charge in [0.15, 0.2) is 5.78 Å². The van der Waals surface area contributed by atoms with Crippen molar-refractivity contribution in [3.8, 4) is 11.5 Å². The molecule has 1 aliphatic rings. The number of aliphatic hydroxyl groups excluding tert-OH is 3. The smallest absolute Gasteiger partial charge is 0.330 e. The topological polar surface area (TPSA) is 143 Å². The highest BCUT2D eigenvalue weighted by Gasteiger charge is 2.45. The molecule has 0 spiro atoms. The molecule has 32 heavy (non-hydrogen) atoms. The second-order valence-electron chi connectivity index (χ2n) is 7.27. The molecule has 3 rings (SSSR count). The van der Waals surface area contributed by atoms with E-state index >= 15 is 0 Å². The molecule has 170 valence electrons. The monoisotopic (exact) mass is 444 g/mol. The molecule has 0 aliphatic carbocycles. The Morgan fingerprint density at radius 3 is 2.25 bits per heavy atom. The molecule has 9 heteroatoms. The van der Waals surface area contributed by atoms with Crippen molar-refractivity contribution < 1.29 is 44.2 Å². The Morgan fingerprint density at radius 2 is 1.62 bits per heavy atom. The summed E-state index contributed by atoms with van der Waals surface area (Å²) < 4.78 is 16.1. The molecule has 1 fully saturated rings. The second kappa shape index (κ2) is 10.4. The summed E-state index contributed by atoms with van der Waals surface area (Å²) >= 11 is 0. The van der Waals surface area contributed by atoms with Gasteiger partial charge in [0.2, 0.25) is 6.29 Å². The summed E-state index contributed by atoms with van der Waals surface area (Å²) in [6.45, 7) is 1.03. The van der Waals surface area contributed by atoms with Gasteiger partial charge in [-0.1, -0.05) is 12.1 Å². The van der Waals surface area contributed by atoms with Crippen LogP contribution in [0.25, 0.3) is 6.08 Å². The standard InChI is InChI=1S/C23H24O9/c1-13(24)15-5-9-17(10-6-15)31-23-22(29)21(28)20(27)18(32-23)12-30-19(26)11-4-14-2-7-16(25)8-3-14/h2-11,18,20-23,25,27-29H,12H2,1H3/b11-4+/t18-,20-,21+,22-,23-/m1/s1. The van der Waals surface area contributed by atoms with E-state index in [1.807, 2.05) is 0 Å². The fraction of sp³-hybridized carbons (Fsp3) is 0.304. The predicted octanol–water partition coefficient (Wildman–Crippen LogP) is 1.04. The zero-order valence-electron chi connectivity index (χ0n) is 17.2. The van der Waals surface area contributed by atoms with Crippen molar-refractivity contribution in [2.24, 2.45) is 0 Å². The fourth-order valence-electron chi connectivity index (χ4n) is 3.02. The van der Waals surface area contributed by atoms with Crippen LogP contribution in [-0.2, 0) is 14.3 Å². The van der Waals surface area contributed by atoms with Crippen LogP contribution in [0.15, 0.2) is 54.6 Å². The lowest BCUT2D eigenvalue weighted by atomic mass is 9.99. The number of phenols is 1. The van der Waals surface area contributed by atoms with E-state index in [1.54, 1.807) is 12.1 Å². The highest BCUT2D eigenvalue weighted by Crippen LogP contribution is 2.25. The first kappa shape index (κ1) is 23.4. The Kier molecular flexibility index (Phi) is 7.60. The molecule has 0 aromatic heterocycles. The quantitative estimate of drug-likeness (QED) is 0.280. The lowest BCUT2D eigenvalue weighted by Crippen LogP contribution is -2.60. The van der Waals surface area contributed by atoms with Crippen LogP contribution in [0.2, 0.25) is 0 Å². The van der Waals surface area contributed by atoms with Crippen LogP contribution in [0.3, 0.4) is 0 Å². The molecule has 1 heterocycles. The van der Waals surface area contributed by atoms with E-state index in [0.717, 1.165) is 6.08 Å². The number of ether oxygens (including phenoxy) is 3. The first-order valence-electron chi connectivity index (χ1n) is 9.86. The fourth-order valence-corrected chi connectivity index (χ4v) is 3.02. The van der Waals surface area contributed by atoms with E-state index in [0.29, 0.717) is 11.1 Å². The van der Waals surface area contributed by atoms with Crippen LogP contribution >= 0.6 is 0 Å². The minimum Gasteiger partial charge on any atom is -0.508 e. The number of benzene rings is 2. The number of hydrogen-bond donors (Lipinski definition) is 4. The molecule has 2 aromatic rings. The summed E-state index contributed by atoms with van der Waals surface area (Å²) in [6.07, 6.45) is -4.51. The van der Waals surface area contributed by atoms with Crippen molar-refractivity contribution in [3.63, 3.8) is 0 Å². The summed E-state index contributed by atoms with van der Waals surface area (Å²) in [4.78, 5) is 23.3. The molecular formula is C23H24O9. The number of aliphatic hydroxyl groups is 3. The Hall–Kier alpha value is -3.24. The number of ketones is 1. The van der Waals surface area contributed by atoms with E-state index in [-0.39, 0.29) is 17.3 Å². The van der Waals surface area contributed by atoms with E-state index in [2.05, 4.69) is 0 Å². The number of hydrogen-bond acceptors (Lipinski definition) is 9. The summed E-state index contributed by atoms with van der Waals surface area (Å²) in [5.74, 6) is -0.465. The molecule has 0 bridgehead atoms. The highest BCUT2D eigenvalue weighted by atomic mass is 16.7. The van der Waals surface area contributed by atoms with Crippen molar-refractivity contribution in [3.05, 3.63) is 65.7 Å². The van der Waals surface area contributed by atoms with Gasteiger partial charge >= 0.3 is 5.97 Å². The number of aromatic hydroxyl groups is 1. The number of rotatable bonds is 7.